The lowest BCUT2D eigenvalue weighted by Gasteiger charge is -2.35. The number of anilines is 2. The molecule has 110 valence electrons. The van der Waals surface area contributed by atoms with Gasteiger partial charge in [0.25, 0.3) is 5.91 Å². The van der Waals surface area contributed by atoms with Crippen molar-refractivity contribution in [1.29, 1.82) is 0 Å². The minimum atomic E-state index is -0.0826. The lowest BCUT2D eigenvalue weighted by molar-refractivity contribution is 0.0741. The monoisotopic (exact) mass is 285 g/mol. The summed E-state index contributed by atoms with van der Waals surface area (Å²) in [6.45, 7) is 3.01. The summed E-state index contributed by atoms with van der Waals surface area (Å²) in [6.07, 6.45) is 1.66. The molecule has 0 spiro atoms. The maximum Gasteiger partial charge on any atom is 0.276 e. The molecule has 0 aliphatic carbocycles. The van der Waals surface area contributed by atoms with Crippen molar-refractivity contribution in [2.45, 2.75) is 0 Å². The van der Waals surface area contributed by atoms with E-state index in [1.807, 2.05) is 23.1 Å². The summed E-state index contributed by atoms with van der Waals surface area (Å²) in [5, 5.41) is 4.15. The number of nitrogens with two attached hydrogens (primary N) is 1. The summed E-state index contributed by atoms with van der Waals surface area (Å²) >= 11 is 0. The van der Waals surface area contributed by atoms with Crippen LogP contribution in [0.15, 0.2) is 36.5 Å². The van der Waals surface area contributed by atoms with E-state index in [1.54, 1.807) is 17.9 Å². The molecule has 0 unspecified atom stereocenters. The highest BCUT2D eigenvalue weighted by Gasteiger charge is 2.25. The molecule has 6 heteroatoms. The first-order valence-corrected chi connectivity index (χ1v) is 7.03. The minimum Gasteiger partial charge on any atom is -0.396 e. The Morgan fingerprint density at radius 1 is 1.14 bits per heavy atom. The van der Waals surface area contributed by atoms with E-state index in [2.05, 4.69) is 22.1 Å². The Morgan fingerprint density at radius 3 is 2.38 bits per heavy atom. The van der Waals surface area contributed by atoms with Gasteiger partial charge in [-0.15, -0.1) is 0 Å². The molecule has 1 amide bonds. The van der Waals surface area contributed by atoms with Gasteiger partial charge in [-0.3, -0.25) is 9.48 Å². The van der Waals surface area contributed by atoms with Crippen LogP contribution in [0.2, 0.25) is 0 Å². The van der Waals surface area contributed by atoms with Gasteiger partial charge in [-0.05, 0) is 12.1 Å². The quantitative estimate of drug-likeness (QED) is 0.892. The Bertz CT molecular complexity index is 629. The Kier molecular flexibility index (Phi) is 3.51. The zero-order chi connectivity index (χ0) is 14.8. The Balaban J connectivity index is 1.66. The number of rotatable bonds is 2. The Morgan fingerprint density at radius 2 is 1.81 bits per heavy atom. The van der Waals surface area contributed by atoms with E-state index < -0.39 is 0 Å². The van der Waals surface area contributed by atoms with Crippen molar-refractivity contribution < 1.29 is 4.79 Å². The number of hydrogen-bond donors (Lipinski definition) is 1. The second kappa shape index (κ2) is 5.47. The average Bonchev–Trinajstić information content (AvgIpc) is 2.86. The SMILES string of the molecule is Cn1cc(N)c(C(=O)N2CCN(c3ccccc3)CC2)n1. The van der Waals surface area contributed by atoms with Gasteiger partial charge in [0.15, 0.2) is 5.69 Å². The third kappa shape index (κ3) is 2.69. The van der Waals surface area contributed by atoms with Crippen LogP contribution >= 0.6 is 0 Å². The van der Waals surface area contributed by atoms with E-state index >= 15 is 0 Å². The predicted molar refractivity (Wildman–Crippen MR) is 82.2 cm³/mol. The van der Waals surface area contributed by atoms with Crippen LogP contribution in [0, 0.1) is 0 Å². The van der Waals surface area contributed by atoms with Crippen molar-refractivity contribution in [3.8, 4) is 0 Å². The number of benzene rings is 1. The number of nitrogen functional groups attached to an aromatic ring is 1. The number of piperazine rings is 1. The normalized spacial score (nSPS) is 15.3. The summed E-state index contributed by atoms with van der Waals surface area (Å²) in [5.74, 6) is -0.0826. The highest BCUT2D eigenvalue weighted by atomic mass is 16.2. The topological polar surface area (TPSA) is 67.4 Å². The fraction of sp³-hybridized carbons (Fsp3) is 0.333. The third-order valence-corrected chi connectivity index (χ3v) is 3.75. The van der Waals surface area contributed by atoms with Crippen LogP contribution in [0.4, 0.5) is 11.4 Å². The molecule has 2 heterocycles. The van der Waals surface area contributed by atoms with Crippen LogP contribution in [0.3, 0.4) is 0 Å². The zero-order valence-electron chi connectivity index (χ0n) is 12.1. The summed E-state index contributed by atoms with van der Waals surface area (Å²) in [4.78, 5) is 16.5. The zero-order valence-corrected chi connectivity index (χ0v) is 12.1. The highest BCUT2D eigenvalue weighted by Crippen LogP contribution is 2.18. The largest absolute Gasteiger partial charge is 0.396 e. The molecule has 1 saturated heterocycles. The average molecular weight is 285 g/mol. The molecule has 1 aliphatic heterocycles. The number of amides is 1. The van der Waals surface area contributed by atoms with Crippen LogP contribution in [-0.2, 0) is 7.05 Å². The molecule has 0 atom stereocenters. The van der Waals surface area contributed by atoms with Gasteiger partial charge in [0, 0.05) is 45.1 Å². The van der Waals surface area contributed by atoms with Gasteiger partial charge in [-0.2, -0.15) is 5.10 Å². The predicted octanol–water partition coefficient (Wildman–Crippen LogP) is 0.965. The molecule has 0 saturated carbocycles. The van der Waals surface area contributed by atoms with Gasteiger partial charge in [-0.1, -0.05) is 18.2 Å². The van der Waals surface area contributed by atoms with Crippen molar-refractivity contribution in [2.75, 3.05) is 36.8 Å². The van der Waals surface area contributed by atoms with E-state index in [-0.39, 0.29) is 5.91 Å². The van der Waals surface area contributed by atoms with Gasteiger partial charge >= 0.3 is 0 Å². The molecule has 0 bridgehead atoms. The maximum atomic E-state index is 12.4. The number of aromatic nitrogens is 2. The molecule has 1 fully saturated rings. The van der Waals surface area contributed by atoms with Crippen LogP contribution in [0.25, 0.3) is 0 Å². The van der Waals surface area contributed by atoms with E-state index in [0.717, 1.165) is 13.1 Å². The molecule has 1 aliphatic rings. The second-order valence-corrected chi connectivity index (χ2v) is 5.22. The summed E-state index contributed by atoms with van der Waals surface area (Å²) < 4.78 is 1.57. The van der Waals surface area contributed by atoms with Crippen molar-refractivity contribution in [3.63, 3.8) is 0 Å². The van der Waals surface area contributed by atoms with Gasteiger partial charge in [-0.25, -0.2) is 0 Å². The molecule has 1 aromatic heterocycles. The smallest absolute Gasteiger partial charge is 0.276 e. The third-order valence-electron chi connectivity index (χ3n) is 3.75. The lowest BCUT2D eigenvalue weighted by atomic mass is 10.2. The van der Waals surface area contributed by atoms with Crippen LogP contribution in [0.1, 0.15) is 10.5 Å². The standard InChI is InChI=1S/C15H19N5O/c1-18-11-13(16)14(17-18)15(21)20-9-7-19(8-10-20)12-5-3-2-4-6-12/h2-6,11H,7-10,16H2,1H3. The number of nitrogens with zero attached hydrogens (tertiary/aromatic N) is 4. The Labute approximate surface area is 123 Å². The number of hydrogen-bond acceptors (Lipinski definition) is 4. The number of carbonyl (C=O) groups excluding carboxylic acids is 1. The first kappa shape index (κ1) is 13.5. The fourth-order valence-corrected chi connectivity index (χ4v) is 2.63. The molecule has 2 aromatic rings. The van der Waals surface area contributed by atoms with E-state index in [0.29, 0.717) is 24.5 Å². The molecule has 0 radical (unpaired) electrons. The molecule has 1 aromatic carbocycles. The summed E-state index contributed by atoms with van der Waals surface area (Å²) in [7, 11) is 1.76. The van der Waals surface area contributed by atoms with Crippen molar-refractivity contribution in [2.24, 2.45) is 7.05 Å². The van der Waals surface area contributed by atoms with E-state index in [4.69, 9.17) is 5.73 Å². The minimum absolute atomic E-state index is 0.0826. The van der Waals surface area contributed by atoms with E-state index in [1.165, 1.54) is 5.69 Å². The number of aryl methyl sites for hydroxylation is 1. The first-order valence-electron chi connectivity index (χ1n) is 7.03. The highest BCUT2D eigenvalue weighted by molar-refractivity contribution is 5.97. The van der Waals surface area contributed by atoms with Crippen molar-refractivity contribution >= 4 is 17.3 Å². The van der Waals surface area contributed by atoms with Crippen LogP contribution < -0.4 is 10.6 Å². The number of para-hydroxylation sites is 1. The molecule has 21 heavy (non-hydrogen) atoms. The van der Waals surface area contributed by atoms with Gasteiger partial charge in [0.05, 0.1) is 5.69 Å². The van der Waals surface area contributed by atoms with Crippen molar-refractivity contribution in [1.82, 2.24) is 14.7 Å². The molecular formula is C15H19N5O. The van der Waals surface area contributed by atoms with Gasteiger partial charge < -0.3 is 15.5 Å². The van der Waals surface area contributed by atoms with Gasteiger partial charge in [0.1, 0.15) is 0 Å². The number of carbonyl (C=O) groups is 1. The Hall–Kier alpha value is -2.50. The van der Waals surface area contributed by atoms with Gasteiger partial charge in [0.2, 0.25) is 0 Å². The maximum absolute atomic E-state index is 12.4. The van der Waals surface area contributed by atoms with Crippen LogP contribution in [0.5, 0.6) is 0 Å². The molecule has 2 N–H and O–H groups in total. The summed E-state index contributed by atoms with van der Waals surface area (Å²) in [6, 6.07) is 10.2. The summed E-state index contributed by atoms with van der Waals surface area (Å²) in [5.41, 5.74) is 7.81. The second-order valence-electron chi connectivity index (χ2n) is 5.22. The van der Waals surface area contributed by atoms with Crippen molar-refractivity contribution in [3.05, 3.63) is 42.2 Å². The fourth-order valence-electron chi connectivity index (χ4n) is 2.63. The van der Waals surface area contributed by atoms with E-state index in [9.17, 15) is 4.79 Å². The first-order chi connectivity index (χ1) is 10.1. The lowest BCUT2D eigenvalue weighted by Crippen LogP contribution is -2.49. The van der Waals surface area contributed by atoms with Crippen LogP contribution in [-0.4, -0.2) is 46.8 Å². The molecule has 6 nitrogen and oxygen atoms in total. The molecular weight excluding hydrogens is 266 g/mol. The molecule has 3 rings (SSSR count).